The summed E-state index contributed by atoms with van der Waals surface area (Å²) in [7, 11) is 0. The van der Waals surface area contributed by atoms with Crippen molar-refractivity contribution < 1.29 is 30.4 Å². The van der Waals surface area contributed by atoms with Crippen molar-refractivity contribution in [1.29, 1.82) is 0 Å². The van der Waals surface area contributed by atoms with Gasteiger partial charge in [0.15, 0.2) is 0 Å². The molecule has 0 aliphatic rings. The van der Waals surface area contributed by atoms with E-state index in [9.17, 15) is 0 Å². The molecule has 0 bridgehead atoms. The zero-order valence-corrected chi connectivity index (χ0v) is 38.1. The van der Waals surface area contributed by atoms with Gasteiger partial charge in [-0.1, -0.05) is 151 Å². The van der Waals surface area contributed by atoms with E-state index >= 15 is 0 Å². The van der Waals surface area contributed by atoms with E-state index in [0.29, 0.717) is 11.5 Å². The average molecular weight is 1040 g/mol. The fraction of sp³-hybridized carbons (Fsp3) is 0. The molecule has 0 saturated heterocycles. The van der Waals surface area contributed by atoms with Crippen LogP contribution >= 0.6 is 0 Å². The molecule has 0 saturated carbocycles. The molecule has 0 amide bonds. The van der Waals surface area contributed by atoms with Gasteiger partial charge in [-0.05, 0) is 75.8 Å². The van der Waals surface area contributed by atoms with Crippen LogP contribution in [0, 0.1) is 18.5 Å². The molecule has 9 aromatic carbocycles. The molecule has 0 radical (unpaired) electrons. The van der Waals surface area contributed by atoms with Crippen molar-refractivity contribution in [1.82, 2.24) is 18.7 Å². The summed E-state index contributed by atoms with van der Waals surface area (Å²) in [4.78, 5) is 4.70. The Morgan fingerprint density at radius 2 is 1.00 bits per heavy atom. The molecule has 6 nitrogen and oxygen atoms in total. The number of fused-ring (bicyclic) bond motifs is 7. The number of para-hydroxylation sites is 5. The van der Waals surface area contributed by atoms with E-state index in [2.05, 4.69) is 213 Å². The second kappa shape index (κ2) is 16.6. The largest absolute Gasteiger partial charge is 0.510 e. The molecule has 4 aromatic heterocycles. The predicted molar refractivity (Wildman–Crippen MR) is 265 cm³/mol. The quantitative estimate of drug-likeness (QED) is 0.112. The number of hydrogen-bond acceptors (Lipinski definition) is 2. The standard InChI is InChI=1S/C60H37N5O.Pt/c1-3-18-41(19-4-1)51-37-44(64-53-27-10-7-24-47(53)48-25-8-11-28-54(48)64)38-52(42-20-5-2-6-21-42)60(51)63-40-62(56-30-13-14-31-57(56)63)43-22-17-23-45(36-43)66-46-33-34-50-49-26-9-12-29-55(49)65(58(50)39-46)59-32-15-16-35-61-59;/h1-35,37-38H;/q-2;. The maximum Gasteiger partial charge on any atom is 0.268 e. The van der Waals surface area contributed by atoms with Crippen LogP contribution in [0.5, 0.6) is 11.5 Å². The summed E-state index contributed by atoms with van der Waals surface area (Å²) < 4.78 is 15.5. The Hall–Kier alpha value is -8.31. The Morgan fingerprint density at radius 3 is 1.64 bits per heavy atom. The first-order chi connectivity index (χ1) is 32.7. The van der Waals surface area contributed by atoms with Gasteiger partial charge in [0.2, 0.25) is 0 Å². The Morgan fingerprint density at radius 1 is 0.448 bits per heavy atom. The number of ether oxygens (including phenoxy) is 1. The van der Waals surface area contributed by atoms with Crippen molar-refractivity contribution in [3.05, 3.63) is 243 Å². The van der Waals surface area contributed by atoms with Gasteiger partial charge in [-0.3, -0.25) is 4.57 Å². The van der Waals surface area contributed by atoms with Gasteiger partial charge < -0.3 is 18.4 Å². The fourth-order valence-corrected chi connectivity index (χ4v) is 9.67. The van der Waals surface area contributed by atoms with E-state index in [0.717, 1.165) is 89.0 Å². The molecule has 67 heavy (non-hydrogen) atoms. The minimum atomic E-state index is 0. The van der Waals surface area contributed by atoms with Crippen LogP contribution in [0.3, 0.4) is 0 Å². The third-order valence-corrected chi connectivity index (χ3v) is 12.5. The minimum Gasteiger partial charge on any atom is -0.510 e. The van der Waals surface area contributed by atoms with Gasteiger partial charge in [-0.25, -0.2) is 4.98 Å². The van der Waals surface area contributed by atoms with Crippen LogP contribution < -0.4 is 9.30 Å². The molecule has 0 aliphatic heterocycles. The minimum absolute atomic E-state index is 0. The van der Waals surface area contributed by atoms with Crippen LogP contribution in [0.1, 0.15) is 0 Å². The second-order valence-electron chi connectivity index (χ2n) is 16.4. The van der Waals surface area contributed by atoms with E-state index in [1.54, 1.807) is 0 Å². The Labute approximate surface area is 401 Å². The number of pyridine rings is 1. The first-order valence-electron chi connectivity index (χ1n) is 22.1. The maximum atomic E-state index is 6.62. The third-order valence-electron chi connectivity index (χ3n) is 12.5. The second-order valence-corrected chi connectivity index (χ2v) is 16.4. The van der Waals surface area contributed by atoms with Crippen LogP contribution in [-0.2, 0) is 21.1 Å². The van der Waals surface area contributed by atoms with Crippen LogP contribution in [0.25, 0.3) is 99.8 Å². The number of hydrogen-bond donors (Lipinski definition) is 0. The molecular formula is C60H37N5OPt-2. The zero-order valence-electron chi connectivity index (χ0n) is 35.8. The Balaban J connectivity index is 0.00000468. The fourth-order valence-electron chi connectivity index (χ4n) is 9.67. The van der Waals surface area contributed by atoms with Crippen LogP contribution in [0.15, 0.2) is 225 Å². The van der Waals surface area contributed by atoms with Gasteiger partial charge in [-0.15, -0.1) is 29.7 Å². The summed E-state index contributed by atoms with van der Waals surface area (Å²) in [6.07, 6.45) is 5.65. The average Bonchev–Trinajstić information content (AvgIpc) is 4.05. The number of nitrogens with zero attached hydrogens (tertiary/aromatic N) is 5. The molecule has 0 aliphatic carbocycles. The van der Waals surface area contributed by atoms with Crippen molar-refractivity contribution in [3.63, 3.8) is 0 Å². The van der Waals surface area contributed by atoms with Gasteiger partial charge in [0.05, 0.1) is 27.8 Å². The summed E-state index contributed by atoms with van der Waals surface area (Å²) in [5.41, 5.74) is 13.5. The summed E-state index contributed by atoms with van der Waals surface area (Å²) >= 11 is 0. The van der Waals surface area contributed by atoms with Gasteiger partial charge in [0.25, 0.3) is 6.33 Å². The smallest absolute Gasteiger partial charge is 0.268 e. The predicted octanol–water partition coefficient (Wildman–Crippen LogP) is 14.0. The van der Waals surface area contributed by atoms with Crippen molar-refractivity contribution in [2.45, 2.75) is 0 Å². The zero-order chi connectivity index (χ0) is 43.6. The van der Waals surface area contributed by atoms with Crippen LogP contribution in [0.2, 0.25) is 0 Å². The van der Waals surface area contributed by atoms with E-state index in [1.807, 2.05) is 48.7 Å². The first kappa shape index (κ1) is 40.2. The van der Waals surface area contributed by atoms with Crippen molar-refractivity contribution in [3.8, 4) is 56.6 Å². The van der Waals surface area contributed by atoms with E-state index in [4.69, 9.17) is 9.72 Å². The number of rotatable bonds is 8. The monoisotopic (exact) mass is 1040 g/mol. The molecule has 4 heterocycles. The Bertz CT molecular complexity index is 3850. The van der Waals surface area contributed by atoms with E-state index in [-0.39, 0.29) is 21.1 Å². The Kier molecular flexibility index (Phi) is 9.96. The van der Waals surface area contributed by atoms with Gasteiger partial charge >= 0.3 is 0 Å². The molecule has 0 atom stereocenters. The number of imidazole rings is 1. The molecule has 320 valence electrons. The molecule has 0 fully saturated rings. The summed E-state index contributed by atoms with van der Waals surface area (Å²) in [5.74, 6) is 1.96. The van der Waals surface area contributed by atoms with Crippen molar-refractivity contribution in [2.24, 2.45) is 0 Å². The molecule has 0 spiro atoms. The van der Waals surface area contributed by atoms with Gasteiger partial charge in [0.1, 0.15) is 5.82 Å². The number of benzene rings is 9. The van der Waals surface area contributed by atoms with Crippen LogP contribution in [-0.4, -0.2) is 18.7 Å². The van der Waals surface area contributed by atoms with Crippen molar-refractivity contribution >= 4 is 54.6 Å². The molecule has 13 aromatic rings. The topological polar surface area (TPSA) is 40.8 Å². The molecule has 13 rings (SSSR count). The molecule has 0 unspecified atom stereocenters. The first-order valence-corrected chi connectivity index (χ1v) is 22.1. The maximum absolute atomic E-state index is 6.62. The van der Waals surface area contributed by atoms with E-state index in [1.165, 1.54) is 10.8 Å². The number of aromatic nitrogens is 5. The molecular weight excluding hydrogens is 1000 g/mol. The summed E-state index contributed by atoms with van der Waals surface area (Å²) in [5, 5.41) is 4.65. The molecule has 0 N–H and O–H groups in total. The van der Waals surface area contributed by atoms with E-state index < -0.39 is 0 Å². The van der Waals surface area contributed by atoms with Crippen molar-refractivity contribution in [2.75, 3.05) is 0 Å². The summed E-state index contributed by atoms with van der Waals surface area (Å²) in [6, 6.07) is 83.4. The van der Waals surface area contributed by atoms with Crippen LogP contribution in [0.4, 0.5) is 0 Å². The normalized spacial score (nSPS) is 11.5. The summed E-state index contributed by atoms with van der Waals surface area (Å²) in [6.45, 7) is 0. The molecule has 7 heteroatoms. The van der Waals surface area contributed by atoms with Gasteiger partial charge in [0, 0.05) is 60.7 Å². The SMILES string of the molecule is [Pt].[c-]1c(Oc2[c-]c3c(cc2)c2ccccc2n3-c2ccccn2)cccc1-n1[c-][n+](-c2c(-c3ccccc3)cc(-n3c4ccccc4c4ccccc43)cc2-c2ccccc2)c2ccccc21. The van der Waals surface area contributed by atoms with Gasteiger partial charge in [-0.2, -0.15) is 18.2 Å². The third kappa shape index (κ3) is 6.76.